The average Bonchev–Trinajstić information content (AvgIpc) is 2.33. The molecule has 0 aliphatic carbocycles. The van der Waals surface area contributed by atoms with Gasteiger partial charge in [0.2, 0.25) is 0 Å². The molecule has 0 aromatic carbocycles. The van der Waals surface area contributed by atoms with Gasteiger partial charge in [0.25, 0.3) is 0 Å². The van der Waals surface area contributed by atoms with Crippen molar-refractivity contribution in [3.05, 3.63) is 16.5 Å². The summed E-state index contributed by atoms with van der Waals surface area (Å²) in [4.78, 5) is 11.2. The van der Waals surface area contributed by atoms with Crippen LogP contribution in [0.25, 0.3) is 0 Å². The van der Waals surface area contributed by atoms with Crippen LogP contribution in [0.5, 0.6) is 0 Å². The number of hydrogen-bond acceptors (Lipinski definition) is 3. The molecule has 0 saturated carbocycles. The Kier molecular flexibility index (Phi) is 3.64. The van der Waals surface area contributed by atoms with Gasteiger partial charge < -0.3 is 4.90 Å². The van der Waals surface area contributed by atoms with Gasteiger partial charge in [0.05, 0.1) is 0 Å². The number of anilines is 1. The molecule has 1 aromatic heterocycles. The molecule has 4 heteroatoms. The maximum absolute atomic E-state index is 6.14. The van der Waals surface area contributed by atoms with E-state index >= 15 is 0 Å². The van der Waals surface area contributed by atoms with Gasteiger partial charge in [0.1, 0.15) is 16.8 Å². The Balaban J connectivity index is 2.33. The van der Waals surface area contributed by atoms with Crippen LogP contribution < -0.4 is 4.90 Å². The zero-order valence-corrected chi connectivity index (χ0v) is 10.7. The highest BCUT2D eigenvalue weighted by Gasteiger charge is 2.17. The number of halogens is 1. The summed E-state index contributed by atoms with van der Waals surface area (Å²) in [6.45, 7) is 6.25. The van der Waals surface area contributed by atoms with E-state index in [0.29, 0.717) is 5.15 Å². The molecule has 0 atom stereocenters. The van der Waals surface area contributed by atoms with Crippen molar-refractivity contribution >= 4 is 17.4 Å². The smallest absolute Gasteiger partial charge is 0.137 e. The highest BCUT2D eigenvalue weighted by molar-refractivity contribution is 6.30. The van der Waals surface area contributed by atoms with Crippen LogP contribution in [0.15, 0.2) is 0 Å². The largest absolute Gasteiger partial charge is 0.356 e. The molecule has 0 bridgehead atoms. The third-order valence-corrected chi connectivity index (χ3v) is 3.45. The van der Waals surface area contributed by atoms with Crippen molar-refractivity contribution in [3.8, 4) is 0 Å². The van der Waals surface area contributed by atoms with Crippen LogP contribution in [0.2, 0.25) is 5.15 Å². The Labute approximate surface area is 102 Å². The van der Waals surface area contributed by atoms with Crippen LogP contribution >= 0.6 is 11.6 Å². The summed E-state index contributed by atoms with van der Waals surface area (Å²) in [5.74, 6) is 1.88. The summed E-state index contributed by atoms with van der Waals surface area (Å²) >= 11 is 6.14. The lowest BCUT2D eigenvalue weighted by atomic mass is 10.1. The molecule has 1 aliphatic heterocycles. The molecular weight excluding hydrogens is 222 g/mol. The number of nitrogens with zero attached hydrogens (tertiary/aromatic N) is 3. The summed E-state index contributed by atoms with van der Waals surface area (Å²) in [6, 6.07) is 0. The summed E-state index contributed by atoms with van der Waals surface area (Å²) in [5.41, 5.74) is 1.01. The van der Waals surface area contributed by atoms with Crippen molar-refractivity contribution in [2.24, 2.45) is 0 Å². The minimum atomic E-state index is 0.604. The summed E-state index contributed by atoms with van der Waals surface area (Å²) < 4.78 is 0. The zero-order chi connectivity index (χ0) is 11.5. The molecule has 1 saturated heterocycles. The van der Waals surface area contributed by atoms with E-state index in [1.54, 1.807) is 0 Å². The van der Waals surface area contributed by atoms with E-state index in [4.69, 9.17) is 11.6 Å². The first-order valence-electron chi connectivity index (χ1n) is 6.00. The third kappa shape index (κ3) is 2.29. The Morgan fingerprint density at radius 2 is 1.88 bits per heavy atom. The highest BCUT2D eigenvalue weighted by atomic mass is 35.5. The van der Waals surface area contributed by atoms with E-state index in [9.17, 15) is 0 Å². The minimum Gasteiger partial charge on any atom is -0.356 e. The monoisotopic (exact) mass is 239 g/mol. The first-order valence-corrected chi connectivity index (χ1v) is 6.38. The first kappa shape index (κ1) is 11.6. The molecule has 1 fully saturated rings. The fraction of sp³-hybridized carbons (Fsp3) is 0.667. The van der Waals surface area contributed by atoms with Gasteiger partial charge in [-0.15, -0.1) is 0 Å². The van der Waals surface area contributed by atoms with Crippen LogP contribution in [0.4, 0.5) is 5.82 Å². The molecule has 1 aliphatic rings. The van der Waals surface area contributed by atoms with Crippen LogP contribution in [-0.2, 0) is 6.42 Å². The van der Waals surface area contributed by atoms with Gasteiger partial charge in [-0.1, -0.05) is 18.5 Å². The predicted octanol–water partition coefficient (Wildman–Crippen LogP) is 2.99. The normalized spacial score (nSPS) is 16.6. The van der Waals surface area contributed by atoms with Gasteiger partial charge in [0, 0.05) is 25.1 Å². The number of rotatable bonds is 2. The summed E-state index contributed by atoms with van der Waals surface area (Å²) in [5, 5.41) is 0.604. The fourth-order valence-corrected chi connectivity index (χ4v) is 2.27. The van der Waals surface area contributed by atoms with E-state index in [0.717, 1.165) is 36.7 Å². The molecule has 3 nitrogen and oxygen atoms in total. The van der Waals surface area contributed by atoms with Crippen LogP contribution in [-0.4, -0.2) is 23.1 Å². The third-order valence-electron chi connectivity index (χ3n) is 3.08. The Bertz CT molecular complexity index is 373. The molecule has 16 heavy (non-hydrogen) atoms. The van der Waals surface area contributed by atoms with Crippen LogP contribution in [0.3, 0.4) is 0 Å². The standard InChI is InChI=1S/C12H18ClN3/c1-3-10-14-11(13)9(2)12(15-10)16-7-5-4-6-8-16/h3-8H2,1-2H3. The van der Waals surface area contributed by atoms with Crippen LogP contribution in [0.1, 0.15) is 37.6 Å². The minimum absolute atomic E-state index is 0.604. The topological polar surface area (TPSA) is 29.0 Å². The molecule has 2 heterocycles. The molecule has 0 radical (unpaired) electrons. The molecule has 0 amide bonds. The quantitative estimate of drug-likeness (QED) is 0.743. The van der Waals surface area contributed by atoms with E-state index in [1.807, 2.05) is 6.92 Å². The lowest BCUT2D eigenvalue weighted by Crippen LogP contribution is -2.31. The average molecular weight is 240 g/mol. The zero-order valence-electron chi connectivity index (χ0n) is 9.96. The maximum atomic E-state index is 6.14. The number of aryl methyl sites for hydroxylation is 1. The fourth-order valence-electron chi connectivity index (χ4n) is 2.09. The lowest BCUT2D eigenvalue weighted by Gasteiger charge is -2.29. The molecule has 1 aromatic rings. The van der Waals surface area contributed by atoms with E-state index in [-0.39, 0.29) is 0 Å². The highest BCUT2D eigenvalue weighted by Crippen LogP contribution is 2.26. The molecule has 0 unspecified atom stereocenters. The number of hydrogen-bond donors (Lipinski definition) is 0. The summed E-state index contributed by atoms with van der Waals surface area (Å²) in [6.07, 6.45) is 4.67. The van der Waals surface area contributed by atoms with Crippen molar-refractivity contribution in [2.45, 2.75) is 39.5 Å². The van der Waals surface area contributed by atoms with Crippen LogP contribution in [0, 0.1) is 6.92 Å². The second-order valence-electron chi connectivity index (χ2n) is 4.28. The molecule has 0 spiro atoms. The van der Waals surface area contributed by atoms with Gasteiger partial charge in [-0.05, 0) is 26.2 Å². The second kappa shape index (κ2) is 5.00. The van der Waals surface area contributed by atoms with E-state index < -0.39 is 0 Å². The maximum Gasteiger partial charge on any atom is 0.137 e. The first-order chi connectivity index (χ1) is 7.72. The Hall–Kier alpha value is -0.830. The van der Waals surface area contributed by atoms with Gasteiger partial charge in [-0.3, -0.25) is 0 Å². The van der Waals surface area contributed by atoms with E-state index in [1.165, 1.54) is 19.3 Å². The molecular formula is C12H18ClN3. The molecule has 88 valence electrons. The van der Waals surface area contributed by atoms with Gasteiger partial charge in [-0.25, -0.2) is 9.97 Å². The number of piperidine rings is 1. The molecule has 2 rings (SSSR count). The predicted molar refractivity (Wildman–Crippen MR) is 67.2 cm³/mol. The van der Waals surface area contributed by atoms with Crippen molar-refractivity contribution in [1.29, 1.82) is 0 Å². The van der Waals surface area contributed by atoms with Crippen molar-refractivity contribution in [3.63, 3.8) is 0 Å². The van der Waals surface area contributed by atoms with Crippen molar-refractivity contribution in [1.82, 2.24) is 9.97 Å². The lowest BCUT2D eigenvalue weighted by molar-refractivity contribution is 0.571. The van der Waals surface area contributed by atoms with Gasteiger partial charge in [0.15, 0.2) is 0 Å². The van der Waals surface area contributed by atoms with Gasteiger partial charge in [-0.2, -0.15) is 0 Å². The molecule has 0 N–H and O–H groups in total. The number of aromatic nitrogens is 2. The van der Waals surface area contributed by atoms with Crippen molar-refractivity contribution in [2.75, 3.05) is 18.0 Å². The summed E-state index contributed by atoms with van der Waals surface area (Å²) in [7, 11) is 0. The Morgan fingerprint density at radius 3 is 2.50 bits per heavy atom. The second-order valence-corrected chi connectivity index (χ2v) is 4.64. The van der Waals surface area contributed by atoms with Gasteiger partial charge >= 0.3 is 0 Å². The van der Waals surface area contributed by atoms with E-state index in [2.05, 4.69) is 21.8 Å². The SMILES string of the molecule is CCc1nc(Cl)c(C)c(N2CCCCC2)n1. The Morgan fingerprint density at radius 1 is 1.19 bits per heavy atom. The van der Waals surface area contributed by atoms with Crippen molar-refractivity contribution < 1.29 is 0 Å².